The zero-order valence-electron chi connectivity index (χ0n) is 9.33. The van der Waals surface area contributed by atoms with Gasteiger partial charge in [-0.15, -0.1) is 0 Å². The normalized spacial score (nSPS) is 12.8. The molecule has 0 bridgehead atoms. The van der Waals surface area contributed by atoms with Gasteiger partial charge in [-0.25, -0.2) is 0 Å². The number of halogens is 2. The maximum Gasteiger partial charge on any atom is 0.387 e. The first kappa shape index (κ1) is 12.9. The van der Waals surface area contributed by atoms with Crippen molar-refractivity contribution in [2.75, 3.05) is 0 Å². The monoisotopic (exact) mass is 229 g/mol. The Morgan fingerprint density at radius 2 is 2.00 bits per heavy atom. The first-order chi connectivity index (χ1) is 7.65. The molecule has 0 unspecified atom stereocenters. The zero-order valence-corrected chi connectivity index (χ0v) is 9.33. The molecule has 0 aromatic heterocycles. The Morgan fingerprint density at radius 1 is 1.31 bits per heavy atom. The summed E-state index contributed by atoms with van der Waals surface area (Å²) in [6.45, 7) is -0.742. The topological polar surface area (TPSA) is 35.2 Å². The molecule has 0 radical (unpaired) electrons. The van der Waals surface area contributed by atoms with Crippen LogP contribution >= 0.6 is 0 Å². The van der Waals surface area contributed by atoms with Gasteiger partial charge in [-0.05, 0) is 12.5 Å². The molecule has 4 heteroatoms. The lowest BCUT2D eigenvalue weighted by Gasteiger charge is -2.16. The summed E-state index contributed by atoms with van der Waals surface area (Å²) in [5, 5.41) is 0. The lowest BCUT2D eigenvalue weighted by molar-refractivity contribution is -0.0506. The van der Waals surface area contributed by atoms with Gasteiger partial charge in [0.1, 0.15) is 5.75 Å². The van der Waals surface area contributed by atoms with Gasteiger partial charge >= 0.3 is 6.61 Å². The van der Waals surface area contributed by atoms with Gasteiger partial charge in [0.25, 0.3) is 0 Å². The van der Waals surface area contributed by atoms with Crippen molar-refractivity contribution < 1.29 is 13.5 Å². The molecule has 0 aliphatic heterocycles. The van der Waals surface area contributed by atoms with Crippen LogP contribution in [0.15, 0.2) is 24.3 Å². The Labute approximate surface area is 94.4 Å². The van der Waals surface area contributed by atoms with E-state index >= 15 is 0 Å². The third kappa shape index (κ3) is 3.77. The van der Waals surface area contributed by atoms with Gasteiger partial charge in [0.15, 0.2) is 0 Å². The van der Waals surface area contributed by atoms with Crippen LogP contribution in [0.1, 0.15) is 37.8 Å². The van der Waals surface area contributed by atoms with E-state index in [0.29, 0.717) is 5.56 Å². The second-order valence-electron chi connectivity index (χ2n) is 3.67. The van der Waals surface area contributed by atoms with E-state index in [1.165, 1.54) is 6.07 Å². The number of ether oxygens (including phenoxy) is 1. The fraction of sp³-hybridized carbons (Fsp3) is 0.500. The van der Waals surface area contributed by atoms with Crippen LogP contribution in [0.25, 0.3) is 0 Å². The molecular weight excluding hydrogens is 212 g/mol. The minimum absolute atomic E-state index is 0.182. The molecule has 0 aliphatic carbocycles. The summed E-state index contributed by atoms with van der Waals surface area (Å²) >= 11 is 0. The van der Waals surface area contributed by atoms with Gasteiger partial charge < -0.3 is 10.5 Å². The number of hydrogen-bond donors (Lipinski definition) is 1. The van der Waals surface area contributed by atoms with Crippen LogP contribution in [0.3, 0.4) is 0 Å². The average Bonchev–Trinajstić information content (AvgIpc) is 2.26. The third-order valence-electron chi connectivity index (χ3n) is 2.40. The molecule has 0 aliphatic rings. The summed E-state index contributed by atoms with van der Waals surface area (Å²) in [5.74, 6) is 0.182. The number of rotatable bonds is 6. The molecule has 0 fully saturated rings. The molecule has 0 spiro atoms. The van der Waals surface area contributed by atoms with Crippen molar-refractivity contribution in [3.63, 3.8) is 0 Å². The molecule has 0 saturated heterocycles. The van der Waals surface area contributed by atoms with Gasteiger partial charge in [0, 0.05) is 11.6 Å². The molecular formula is C12H17F2NO. The van der Waals surface area contributed by atoms with Crippen molar-refractivity contribution in [3.8, 4) is 5.75 Å². The highest BCUT2D eigenvalue weighted by atomic mass is 19.3. The van der Waals surface area contributed by atoms with E-state index in [9.17, 15) is 8.78 Å². The summed E-state index contributed by atoms with van der Waals surface area (Å²) in [6, 6.07) is 6.45. The van der Waals surface area contributed by atoms with Crippen LogP contribution in [0, 0.1) is 0 Å². The number of benzene rings is 1. The van der Waals surface area contributed by atoms with E-state index in [1.807, 2.05) is 0 Å². The smallest absolute Gasteiger partial charge is 0.387 e. The first-order valence-corrected chi connectivity index (χ1v) is 5.44. The molecule has 2 N–H and O–H groups in total. The predicted molar refractivity (Wildman–Crippen MR) is 59.5 cm³/mol. The zero-order chi connectivity index (χ0) is 12.0. The number of nitrogens with two attached hydrogens (primary N) is 1. The van der Waals surface area contributed by atoms with Gasteiger partial charge in [-0.3, -0.25) is 0 Å². The van der Waals surface area contributed by atoms with E-state index < -0.39 is 6.61 Å². The lowest BCUT2D eigenvalue weighted by Crippen LogP contribution is -2.13. The highest BCUT2D eigenvalue weighted by Gasteiger charge is 2.14. The van der Waals surface area contributed by atoms with Crippen LogP contribution in [0.4, 0.5) is 8.78 Å². The molecule has 90 valence electrons. The summed E-state index contributed by atoms with van der Waals surface area (Å²) in [5.41, 5.74) is 6.58. The van der Waals surface area contributed by atoms with Crippen molar-refractivity contribution >= 4 is 0 Å². The molecule has 0 amide bonds. The van der Waals surface area contributed by atoms with Gasteiger partial charge in [-0.2, -0.15) is 8.78 Å². The summed E-state index contributed by atoms with van der Waals surface area (Å²) in [4.78, 5) is 0. The largest absolute Gasteiger partial charge is 0.434 e. The van der Waals surface area contributed by atoms with Crippen molar-refractivity contribution in [3.05, 3.63) is 29.8 Å². The van der Waals surface area contributed by atoms with E-state index in [4.69, 9.17) is 5.73 Å². The maximum atomic E-state index is 12.2. The van der Waals surface area contributed by atoms with Crippen molar-refractivity contribution in [1.29, 1.82) is 0 Å². The summed E-state index contributed by atoms with van der Waals surface area (Å²) < 4.78 is 28.7. The molecule has 0 heterocycles. The second kappa shape index (κ2) is 6.43. The Kier molecular flexibility index (Phi) is 5.19. The van der Waals surface area contributed by atoms with Crippen LogP contribution in [0.2, 0.25) is 0 Å². The van der Waals surface area contributed by atoms with Gasteiger partial charge in [0.05, 0.1) is 0 Å². The third-order valence-corrected chi connectivity index (χ3v) is 2.40. The van der Waals surface area contributed by atoms with Crippen molar-refractivity contribution in [1.82, 2.24) is 0 Å². The predicted octanol–water partition coefficient (Wildman–Crippen LogP) is 3.48. The van der Waals surface area contributed by atoms with E-state index in [2.05, 4.69) is 11.7 Å². The Bertz CT molecular complexity index is 318. The van der Waals surface area contributed by atoms with Crippen LogP contribution in [-0.4, -0.2) is 6.61 Å². The van der Waals surface area contributed by atoms with Gasteiger partial charge in [-0.1, -0.05) is 38.0 Å². The highest BCUT2D eigenvalue weighted by molar-refractivity contribution is 5.35. The van der Waals surface area contributed by atoms with E-state index in [0.717, 1.165) is 19.3 Å². The Hall–Kier alpha value is -1.16. The minimum Gasteiger partial charge on any atom is -0.434 e. The molecule has 0 saturated carbocycles. The van der Waals surface area contributed by atoms with Crippen molar-refractivity contribution in [2.45, 2.75) is 38.8 Å². The first-order valence-electron chi connectivity index (χ1n) is 5.44. The molecule has 2 nitrogen and oxygen atoms in total. The summed E-state index contributed by atoms with van der Waals surface area (Å²) in [6.07, 6.45) is 2.79. The van der Waals surface area contributed by atoms with Crippen LogP contribution in [-0.2, 0) is 0 Å². The van der Waals surface area contributed by atoms with E-state index in [-0.39, 0.29) is 11.8 Å². The fourth-order valence-corrected chi connectivity index (χ4v) is 1.57. The minimum atomic E-state index is -2.81. The maximum absolute atomic E-state index is 12.2. The number of unbranched alkanes of at least 4 members (excludes halogenated alkanes) is 1. The number of hydrogen-bond acceptors (Lipinski definition) is 2. The van der Waals surface area contributed by atoms with Gasteiger partial charge in [0.2, 0.25) is 0 Å². The number of alkyl halides is 2. The standard InChI is InChI=1S/C12H17F2NO/c1-2-3-7-10(15)9-6-4-5-8-11(9)16-12(13)14/h4-6,8,10,12H,2-3,7,15H2,1H3/t10-/m0/s1. The molecule has 1 rings (SSSR count). The molecule has 1 aromatic rings. The fourth-order valence-electron chi connectivity index (χ4n) is 1.57. The lowest BCUT2D eigenvalue weighted by atomic mass is 10.0. The highest BCUT2D eigenvalue weighted by Crippen LogP contribution is 2.27. The van der Waals surface area contributed by atoms with Crippen LogP contribution in [0.5, 0.6) is 5.75 Å². The SMILES string of the molecule is CCCC[C@H](N)c1ccccc1OC(F)F. The molecule has 16 heavy (non-hydrogen) atoms. The summed E-state index contributed by atoms with van der Waals surface area (Å²) in [7, 11) is 0. The molecule has 1 aromatic carbocycles. The second-order valence-corrected chi connectivity index (χ2v) is 3.67. The quantitative estimate of drug-likeness (QED) is 0.810. The van der Waals surface area contributed by atoms with Crippen molar-refractivity contribution in [2.24, 2.45) is 5.73 Å². The number of para-hydroxylation sites is 1. The average molecular weight is 229 g/mol. The van der Waals surface area contributed by atoms with Crippen LogP contribution < -0.4 is 10.5 Å². The van der Waals surface area contributed by atoms with E-state index in [1.54, 1.807) is 18.2 Å². The Balaban J connectivity index is 2.76. The Morgan fingerprint density at radius 3 is 2.62 bits per heavy atom. The molecule has 1 atom stereocenters.